The third kappa shape index (κ3) is 7.97. The van der Waals surface area contributed by atoms with Gasteiger partial charge in [-0.2, -0.15) is 13.2 Å². The fourth-order valence-corrected chi connectivity index (χ4v) is 5.36. The number of halogens is 7. The number of hydrogen-bond acceptors (Lipinski definition) is 5. The number of benzene rings is 2. The summed E-state index contributed by atoms with van der Waals surface area (Å²) in [6.07, 6.45) is -3.09. The highest BCUT2D eigenvalue weighted by Gasteiger charge is 2.38. The number of aryl methyl sites for hydroxylation is 1. The van der Waals surface area contributed by atoms with E-state index in [4.69, 9.17) is 21.5 Å². The van der Waals surface area contributed by atoms with Gasteiger partial charge in [-0.3, -0.25) is 9.69 Å². The highest BCUT2D eigenvalue weighted by atomic mass is 35.5. The average molecular weight is 646 g/mol. The van der Waals surface area contributed by atoms with Crippen molar-refractivity contribution in [3.8, 4) is 0 Å². The molecule has 0 unspecified atom stereocenters. The van der Waals surface area contributed by atoms with Gasteiger partial charge in [0.05, 0.1) is 10.7 Å². The molecule has 5 rings (SSSR count). The van der Waals surface area contributed by atoms with Crippen molar-refractivity contribution in [3.63, 3.8) is 0 Å². The zero-order valence-electron chi connectivity index (χ0n) is 23.6. The summed E-state index contributed by atoms with van der Waals surface area (Å²) in [4.78, 5) is 30.3. The summed E-state index contributed by atoms with van der Waals surface area (Å²) in [7, 11) is 1.87. The number of carboxylic acid groups (broad SMARTS) is 1. The largest absolute Gasteiger partial charge is 0.490 e. The first-order chi connectivity index (χ1) is 20.7. The number of aromatic nitrogens is 1. The zero-order chi connectivity index (χ0) is 32.2. The first-order valence-corrected chi connectivity index (χ1v) is 14.0. The SMILES string of the molecule is Cn1cc(CN2CCN(c3ccccc3Cl)CC2)cc1C(=O)N1CCN(c2cc(F)c(F)c(F)c2)CC1.O=C(O)C(F)(F)F. The van der Waals surface area contributed by atoms with Crippen molar-refractivity contribution in [1.82, 2.24) is 14.4 Å². The molecule has 8 nitrogen and oxygen atoms in total. The molecular formula is C29H30ClF6N5O3. The number of alkyl halides is 3. The molecule has 44 heavy (non-hydrogen) atoms. The minimum atomic E-state index is -5.08. The van der Waals surface area contributed by atoms with Gasteiger partial charge in [-0.05, 0) is 23.8 Å². The van der Waals surface area contributed by atoms with Crippen LogP contribution < -0.4 is 9.80 Å². The predicted octanol–water partition coefficient (Wildman–Crippen LogP) is 5.01. The lowest BCUT2D eigenvalue weighted by atomic mass is 10.2. The number of rotatable bonds is 5. The summed E-state index contributed by atoms with van der Waals surface area (Å²) in [5.74, 6) is -6.73. The van der Waals surface area contributed by atoms with Crippen molar-refractivity contribution in [1.29, 1.82) is 0 Å². The molecule has 1 amide bonds. The molecule has 0 bridgehead atoms. The zero-order valence-corrected chi connectivity index (χ0v) is 24.4. The number of piperazine rings is 2. The fourth-order valence-electron chi connectivity index (χ4n) is 5.10. The van der Waals surface area contributed by atoms with Crippen LogP contribution in [0.15, 0.2) is 48.7 Å². The van der Waals surface area contributed by atoms with Crippen LogP contribution in [-0.4, -0.2) is 89.9 Å². The van der Waals surface area contributed by atoms with Crippen molar-refractivity contribution < 1.29 is 41.0 Å². The molecule has 2 aliphatic rings. The Morgan fingerprint density at radius 1 is 0.864 bits per heavy atom. The molecule has 0 spiro atoms. The van der Waals surface area contributed by atoms with Crippen molar-refractivity contribution in [2.75, 3.05) is 62.2 Å². The van der Waals surface area contributed by atoms with E-state index in [1.807, 2.05) is 48.1 Å². The van der Waals surface area contributed by atoms with Crippen LogP contribution in [-0.2, 0) is 18.4 Å². The molecule has 0 aliphatic carbocycles. The molecule has 2 fully saturated rings. The van der Waals surface area contributed by atoms with Gasteiger partial charge >= 0.3 is 12.1 Å². The van der Waals surface area contributed by atoms with E-state index in [1.165, 1.54) is 0 Å². The number of para-hydroxylation sites is 1. The molecular weight excluding hydrogens is 616 g/mol. The van der Waals surface area contributed by atoms with Gasteiger partial charge in [0.2, 0.25) is 0 Å². The molecule has 0 atom stereocenters. The molecule has 238 valence electrons. The van der Waals surface area contributed by atoms with E-state index in [2.05, 4.69) is 9.80 Å². The van der Waals surface area contributed by atoms with E-state index in [0.717, 1.165) is 61.1 Å². The van der Waals surface area contributed by atoms with Gasteiger partial charge in [0.1, 0.15) is 5.69 Å². The number of carboxylic acids is 1. The second-order valence-corrected chi connectivity index (χ2v) is 10.8. The van der Waals surface area contributed by atoms with Crippen LogP contribution in [0.2, 0.25) is 5.02 Å². The average Bonchev–Trinajstić information content (AvgIpc) is 3.35. The maximum atomic E-state index is 13.6. The Kier molecular flexibility index (Phi) is 10.4. The molecule has 2 saturated heterocycles. The Labute approximate surface area is 254 Å². The lowest BCUT2D eigenvalue weighted by Gasteiger charge is -2.36. The predicted molar refractivity (Wildman–Crippen MR) is 152 cm³/mol. The number of aliphatic carboxylic acids is 1. The van der Waals surface area contributed by atoms with E-state index >= 15 is 0 Å². The summed E-state index contributed by atoms with van der Waals surface area (Å²) in [5.41, 5.74) is 3.02. The van der Waals surface area contributed by atoms with Crippen LogP contribution in [0.1, 0.15) is 16.1 Å². The van der Waals surface area contributed by atoms with Crippen molar-refractivity contribution >= 4 is 34.9 Å². The van der Waals surface area contributed by atoms with Crippen molar-refractivity contribution in [2.24, 2.45) is 7.05 Å². The summed E-state index contributed by atoms with van der Waals surface area (Å²) in [6.45, 7) is 5.95. The first-order valence-electron chi connectivity index (χ1n) is 13.6. The monoisotopic (exact) mass is 645 g/mol. The number of amides is 1. The third-order valence-electron chi connectivity index (χ3n) is 7.40. The second-order valence-electron chi connectivity index (χ2n) is 10.4. The molecule has 3 aromatic rings. The Balaban J connectivity index is 0.000000566. The normalized spacial score (nSPS) is 16.0. The molecule has 0 saturated carbocycles. The Morgan fingerprint density at radius 2 is 1.41 bits per heavy atom. The minimum Gasteiger partial charge on any atom is -0.475 e. The molecule has 1 aromatic heterocycles. The van der Waals surface area contributed by atoms with Gasteiger partial charge in [0.25, 0.3) is 5.91 Å². The quantitative estimate of drug-likeness (QED) is 0.311. The van der Waals surface area contributed by atoms with Gasteiger partial charge in [0.15, 0.2) is 17.5 Å². The van der Waals surface area contributed by atoms with Crippen LogP contribution in [0.4, 0.5) is 37.7 Å². The Hall–Kier alpha value is -3.91. The maximum Gasteiger partial charge on any atom is 0.490 e. The van der Waals surface area contributed by atoms with Gasteiger partial charge in [0, 0.05) is 90.0 Å². The summed E-state index contributed by atoms with van der Waals surface area (Å²) < 4.78 is 74.1. The van der Waals surface area contributed by atoms with Gasteiger partial charge in [-0.25, -0.2) is 18.0 Å². The van der Waals surface area contributed by atoms with Gasteiger partial charge in [-0.1, -0.05) is 23.7 Å². The number of carbonyl (C=O) groups is 2. The highest BCUT2D eigenvalue weighted by Crippen LogP contribution is 2.27. The third-order valence-corrected chi connectivity index (χ3v) is 7.72. The van der Waals surface area contributed by atoms with E-state index in [9.17, 15) is 31.1 Å². The van der Waals surface area contributed by atoms with Crippen LogP contribution in [0, 0.1) is 17.5 Å². The van der Waals surface area contributed by atoms with E-state index in [-0.39, 0.29) is 11.6 Å². The number of anilines is 2. The summed E-state index contributed by atoms with van der Waals surface area (Å²) in [6, 6.07) is 11.8. The number of nitrogens with zero attached hydrogens (tertiary/aromatic N) is 5. The van der Waals surface area contributed by atoms with Crippen LogP contribution >= 0.6 is 11.6 Å². The molecule has 2 aromatic carbocycles. The van der Waals surface area contributed by atoms with E-state index in [1.54, 1.807) is 9.80 Å². The first kappa shape index (κ1) is 33.0. The minimum absolute atomic E-state index is 0.0755. The Morgan fingerprint density at radius 3 is 1.95 bits per heavy atom. The van der Waals surface area contributed by atoms with Crippen LogP contribution in [0.5, 0.6) is 0 Å². The van der Waals surface area contributed by atoms with Crippen LogP contribution in [0.3, 0.4) is 0 Å². The molecule has 15 heteroatoms. The Bertz CT molecular complexity index is 1460. The highest BCUT2D eigenvalue weighted by molar-refractivity contribution is 6.33. The molecule has 2 aliphatic heterocycles. The fraction of sp³-hybridized carbons (Fsp3) is 0.379. The van der Waals surface area contributed by atoms with E-state index < -0.39 is 29.6 Å². The van der Waals surface area contributed by atoms with Gasteiger partial charge < -0.3 is 24.4 Å². The lowest BCUT2D eigenvalue weighted by molar-refractivity contribution is -0.192. The summed E-state index contributed by atoms with van der Waals surface area (Å²) in [5, 5.41) is 7.89. The second kappa shape index (κ2) is 13.8. The number of carbonyl (C=O) groups excluding carboxylic acids is 1. The van der Waals surface area contributed by atoms with Crippen LogP contribution in [0.25, 0.3) is 0 Å². The standard InChI is InChI=1S/C27H29ClF3N5O.C2HF3O2/c1-32-17-19(18-33-6-8-35(9-7-33)24-5-3-2-4-21(24)28)14-25(32)27(37)36-12-10-34(11-13-36)20-15-22(29)26(31)23(30)16-20;3-2(4,5)1(6)7/h2-5,14-17H,6-13,18H2,1H3;(H,6,7). The smallest absolute Gasteiger partial charge is 0.475 e. The molecule has 1 N–H and O–H groups in total. The number of hydrogen-bond donors (Lipinski definition) is 1. The molecule has 0 radical (unpaired) electrons. The van der Waals surface area contributed by atoms with Crippen molar-refractivity contribution in [2.45, 2.75) is 12.7 Å². The van der Waals surface area contributed by atoms with E-state index in [0.29, 0.717) is 31.9 Å². The van der Waals surface area contributed by atoms with Crippen molar-refractivity contribution in [3.05, 3.63) is 82.4 Å². The lowest BCUT2D eigenvalue weighted by Crippen LogP contribution is -2.49. The maximum absolute atomic E-state index is 13.6. The van der Waals surface area contributed by atoms with Gasteiger partial charge in [-0.15, -0.1) is 0 Å². The molecule has 3 heterocycles. The topological polar surface area (TPSA) is 72.3 Å². The summed E-state index contributed by atoms with van der Waals surface area (Å²) >= 11 is 6.35.